The van der Waals surface area contributed by atoms with E-state index in [2.05, 4.69) is 37.7 Å². The van der Waals surface area contributed by atoms with Crippen molar-refractivity contribution in [3.8, 4) is 0 Å². The summed E-state index contributed by atoms with van der Waals surface area (Å²) in [6.45, 7) is 4.13. The monoisotopic (exact) mass is 284 g/mol. The Kier molecular flexibility index (Phi) is 3.76. The van der Waals surface area contributed by atoms with Gasteiger partial charge in [-0.15, -0.1) is 0 Å². The van der Waals surface area contributed by atoms with Gasteiger partial charge in [-0.3, -0.25) is 0 Å². The molecule has 0 aromatic carbocycles. The van der Waals surface area contributed by atoms with Crippen LogP contribution in [0.4, 0.5) is 5.82 Å². The van der Waals surface area contributed by atoms with Crippen molar-refractivity contribution in [3.05, 3.63) is 17.0 Å². The van der Waals surface area contributed by atoms with E-state index in [1.54, 1.807) is 12.5 Å². The smallest absolute Gasteiger partial charge is 0.146 e. The molecule has 1 fully saturated rings. The van der Waals surface area contributed by atoms with Gasteiger partial charge >= 0.3 is 0 Å². The lowest BCUT2D eigenvalue weighted by molar-refractivity contribution is 0.363. The van der Waals surface area contributed by atoms with E-state index < -0.39 is 0 Å². The molecule has 4 nitrogen and oxygen atoms in total. The maximum absolute atomic E-state index is 5.97. The van der Waals surface area contributed by atoms with E-state index in [4.69, 9.17) is 5.73 Å². The molecule has 1 aromatic rings. The summed E-state index contributed by atoms with van der Waals surface area (Å²) in [5.74, 6) is 1.55. The van der Waals surface area contributed by atoms with Gasteiger partial charge in [0, 0.05) is 25.3 Å². The maximum atomic E-state index is 5.97. The number of nitrogens with two attached hydrogens (primary N) is 1. The highest BCUT2D eigenvalue weighted by Crippen LogP contribution is 2.27. The predicted octanol–water partition coefficient (Wildman–Crippen LogP) is 1.80. The molecule has 0 spiro atoms. The molecule has 16 heavy (non-hydrogen) atoms. The number of nitrogens with zero attached hydrogens (tertiary/aromatic N) is 3. The zero-order valence-corrected chi connectivity index (χ0v) is 11.0. The predicted molar refractivity (Wildman–Crippen MR) is 68.3 cm³/mol. The van der Waals surface area contributed by atoms with Crippen molar-refractivity contribution in [2.75, 3.05) is 18.0 Å². The Morgan fingerprint density at radius 2 is 2.44 bits per heavy atom. The fraction of sp³-hybridized carbons (Fsp3) is 0.636. The van der Waals surface area contributed by atoms with E-state index in [0.29, 0.717) is 5.92 Å². The van der Waals surface area contributed by atoms with Crippen LogP contribution in [0.3, 0.4) is 0 Å². The summed E-state index contributed by atoms with van der Waals surface area (Å²) in [4.78, 5) is 10.6. The first-order valence-electron chi connectivity index (χ1n) is 5.64. The second-order valence-electron chi connectivity index (χ2n) is 4.40. The molecule has 2 unspecified atom stereocenters. The van der Waals surface area contributed by atoms with Crippen molar-refractivity contribution in [3.63, 3.8) is 0 Å². The standard InChI is InChI=1S/C11H17BrN4/c1-8(13)9-3-2-4-16(6-9)11-10(12)5-14-7-15-11/h5,7-9H,2-4,6,13H2,1H3. The molecule has 2 atom stereocenters. The molecule has 2 rings (SSSR count). The van der Waals surface area contributed by atoms with Crippen LogP contribution >= 0.6 is 15.9 Å². The van der Waals surface area contributed by atoms with Crippen LogP contribution in [0.5, 0.6) is 0 Å². The third-order valence-corrected chi connectivity index (χ3v) is 3.71. The van der Waals surface area contributed by atoms with Gasteiger partial charge in [-0.05, 0) is 41.6 Å². The van der Waals surface area contributed by atoms with Crippen LogP contribution in [0.1, 0.15) is 19.8 Å². The molecule has 2 N–H and O–H groups in total. The number of anilines is 1. The van der Waals surface area contributed by atoms with Crippen LogP contribution in [-0.4, -0.2) is 29.1 Å². The molecule has 0 aliphatic carbocycles. The largest absolute Gasteiger partial charge is 0.355 e. The fourth-order valence-corrected chi connectivity index (χ4v) is 2.64. The minimum absolute atomic E-state index is 0.253. The normalized spacial score (nSPS) is 23.2. The van der Waals surface area contributed by atoms with E-state index >= 15 is 0 Å². The van der Waals surface area contributed by atoms with Crippen LogP contribution in [0.15, 0.2) is 17.0 Å². The number of piperidine rings is 1. The SMILES string of the molecule is CC(N)C1CCCN(c2ncncc2Br)C1. The summed E-state index contributed by atoms with van der Waals surface area (Å²) in [7, 11) is 0. The summed E-state index contributed by atoms with van der Waals surface area (Å²) in [6.07, 6.45) is 5.78. The fourth-order valence-electron chi connectivity index (χ4n) is 2.17. The van der Waals surface area contributed by atoms with Gasteiger partial charge in [0.15, 0.2) is 0 Å². The van der Waals surface area contributed by atoms with Gasteiger partial charge in [0.2, 0.25) is 0 Å². The highest BCUT2D eigenvalue weighted by atomic mass is 79.9. The highest BCUT2D eigenvalue weighted by Gasteiger charge is 2.24. The summed E-state index contributed by atoms with van der Waals surface area (Å²) in [6, 6.07) is 0.253. The first-order valence-corrected chi connectivity index (χ1v) is 6.44. The topological polar surface area (TPSA) is 55.0 Å². The van der Waals surface area contributed by atoms with Crippen LogP contribution in [0.2, 0.25) is 0 Å². The Morgan fingerprint density at radius 3 is 3.12 bits per heavy atom. The van der Waals surface area contributed by atoms with E-state index in [0.717, 1.165) is 23.4 Å². The maximum Gasteiger partial charge on any atom is 0.146 e. The number of hydrogen-bond acceptors (Lipinski definition) is 4. The van der Waals surface area contributed by atoms with Crippen molar-refractivity contribution >= 4 is 21.7 Å². The van der Waals surface area contributed by atoms with Crippen molar-refractivity contribution in [1.82, 2.24) is 9.97 Å². The quantitative estimate of drug-likeness (QED) is 0.900. The summed E-state index contributed by atoms with van der Waals surface area (Å²) < 4.78 is 0.959. The minimum atomic E-state index is 0.253. The molecule has 1 aliphatic heterocycles. The third kappa shape index (κ3) is 2.52. The third-order valence-electron chi connectivity index (χ3n) is 3.15. The summed E-state index contributed by atoms with van der Waals surface area (Å²) >= 11 is 3.49. The van der Waals surface area contributed by atoms with E-state index in [1.807, 2.05) is 0 Å². The zero-order chi connectivity index (χ0) is 11.5. The van der Waals surface area contributed by atoms with Gasteiger partial charge in [-0.25, -0.2) is 9.97 Å². The molecule has 0 saturated carbocycles. The van der Waals surface area contributed by atoms with E-state index in [9.17, 15) is 0 Å². The van der Waals surface area contributed by atoms with Gasteiger partial charge in [0.05, 0.1) is 4.47 Å². The second-order valence-corrected chi connectivity index (χ2v) is 5.26. The molecular formula is C11H17BrN4. The Bertz CT molecular complexity index is 356. The van der Waals surface area contributed by atoms with E-state index in [1.165, 1.54) is 12.8 Å². The van der Waals surface area contributed by atoms with Gasteiger partial charge in [-0.1, -0.05) is 0 Å². The molecule has 0 bridgehead atoms. The Morgan fingerprint density at radius 1 is 1.62 bits per heavy atom. The van der Waals surface area contributed by atoms with Crippen LogP contribution < -0.4 is 10.6 Å². The van der Waals surface area contributed by atoms with Gasteiger partial charge in [-0.2, -0.15) is 0 Å². The second kappa shape index (κ2) is 5.10. The lowest BCUT2D eigenvalue weighted by Crippen LogP contribution is -2.42. The highest BCUT2D eigenvalue weighted by molar-refractivity contribution is 9.10. The lowest BCUT2D eigenvalue weighted by atomic mass is 9.92. The number of aromatic nitrogens is 2. The number of hydrogen-bond donors (Lipinski definition) is 1. The van der Waals surface area contributed by atoms with Crippen molar-refractivity contribution in [1.29, 1.82) is 0 Å². The first kappa shape index (κ1) is 11.8. The Balaban J connectivity index is 2.13. The van der Waals surface area contributed by atoms with Crippen molar-refractivity contribution in [2.24, 2.45) is 11.7 Å². The molecule has 2 heterocycles. The Labute approximate surface area is 104 Å². The number of rotatable bonds is 2. The molecule has 1 aromatic heterocycles. The van der Waals surface area contributed by atoms with Crippen LogP contribution in [-0.2, 0) is 0 Å². The van der Waals surface area contributed by atoms with Crippen molar-refractivity contribution < 1.29 is 0 Å². The zero-order valence-electron chi connectivity index (χ0n) is 9.43. The molecule has 0 amide bonds. The first-order chi connectivity index (χ1) is 7.68. The van der Waals surface area contributed by atoms with E-state index in [-0.39, 0.29) is 6.04 Å². The minimum Gasteiger partial charge on any atom is -0.355 e. The molecule has 88 valence electrons. The molecule has 1 aliphatic rings. The molecule has 5 heteroatoms. The van der Waals surface area contributed by atoms with Crippen LogP contribution in [0.25, 0.3) is 0 Å². The molecular weight excluding hydrogens is 268 g/mol. The molecule has 1 saturated heterocycles. The van der Waals surface area contributed by atoms with Gasteiger partial charge in [0.25, 0.3) is 0 Å². The van der Waals surface area contributed by atoms with Crippen molar-refractivity contribution in [2.45, 2.75) is 25.8 Å². The number of halogens is 1. The summed E-state index contributed by atoms with van der Waals surface area (Å²) in [5.41, 5.74) is 5.97. The Hall–Kier alpha value is -0.680. The average Bonchev–Trinajstić information content (AvgIpc) is 2.30. The van der Waals surface area contributed by atoms with Gasteiger partial charge in [0.1, 0.15) is 12.1 Å². The lowest BCUT2D eigenvalue weighted by Gasteiger charge is -2.35. The summed E-state index contributed by atoms with van der Waals surface area (Å²) in [5, 5.41) is 0. The van der Waals surface area contributed by atoms with Gasteiger partial charge < -0.3 is 10.6 Å². The van der Waals surface area contributed by atoms with Crippen LogP contribution in [0, 0.1) is 5.92 Å². The molecule has 0 radical (unpaired) electrons. The average molecular weight is 285 g/mol.